The summed E-state index contributed by atoms with van der Waals surface area (Å²) in [6.45, 7) is 18.6. The third kappa shape index (κ3) is 7.98. The van der Waals surface area contributed by atoms with Gasteiger partial charge in [0, 0.05) is 0 Å². The summed E-state index contributed by atoms with van der Waals surface area (Å²) in [4.78, 5) is 0. The van der Waals surface area contributed by atoms with Crippen LogP contribution in [0.1, 0.15) is 102 Å². The van der Waals surface area contributed by atoms with Gasteiger partial charge in [-0.1, -0.05) is 108 Å². The fourth-order valence-corrected chi connectivity index (χ4v) is 7.42. The first-order valence-electron chi connectivity index (χ1n) is 16.2. The van der Waals surface area contributed by atoms with Gasteiger partial charge in [0.15, 0.2) is 0 Å². The Labute approximate surface area is 304 Å². The van der Waals surface area contributed by atoms with E-state index in [4.69, 9.17) is 0 Å². The molecule has 0 heterocycles. The van der Waals surface area contributed by atoms with Gasteiger partial charge in [0.1, 0.15) is 0 Å². The first-order valence-corrected chi connectivity index (χ1v) is 17.4. The van der Waals surface area contributed by atoms with Gasteiger partial charge in [-0.05, 0) is 41.2 Å². The standard InChI is InChI=1S/C30H37.C13H10.2ClH.Zr/c1-9-19-11-13-25(22(19)10-2)28-26-18-20-17-21(29(3,4)5)12-14-23(20)24(26)15-16-27(28)30(6,7)8;1-3-7-12(8-4-1)11-13-9-5-2-6-10-13;;;/h11-12,14-18H,9-10,13H2,1-8H3;1-10H;2*1H;/q-1;;;;+2/p-2. The Bertz CT molecular complexity index is 1820. The van der Waals surface area contributed by atoms with Gasteiger partial charge in [-0.2, -0.15) is 0 Å². The van der Waals surface area contributed by atoms with Crippen molar-refractivity contribution in [2.75, 3.05) is 0 Å². The van der Waals surface area contributed by atoms with Crippen LogP contribution in [0, 0.1) is 0 Å². The predicted octanol–water partition coefficient (Wildman–Crippen LogP) is 6.02. The van der Waals surface area contributed by atoms with Crippen LogP contribution >= 0.6 is 0 Å². The molecule has 1 aliphatic carbocycles. The van der Waals surface area contributed by atoms with Crippen LogP contribution in [0.15, 0.2) is 114 Å². The molecule has 46 heavy (non-hydrogen) atoms. The van der Waals surface area contributed by atoms with E-state index in [1.165, 1.54) is 76.8 Å². The van der Waals surface area contributed by atoms with E-state index in [0.29, 0.717) is 0 Å². The van der Waals surface area contributed by atoms with Crippen LogP contribution in [-0.4, -0.2) is 3.21 Å². The molecule has 0 nitrogen and oxygen atoms in total. The average Bonchev–Trinajstić information content (AvgIpc) is 3.61. The molecule has 0 amide bonds. The summed E-state index contributed by atoms with van der Waals surface area (Å²) in [5.74, 6) is 0. The van der Waals surface area contributed by atoms with E-state index in [0.717, 1.165) is 19.3 Å². The van der Waals surface area contributed by atoms with E-state index in [2.05, 4.69) is 159 Å². The van der Waals surface area contributed by atoms with Crippen LogP contribution in [0.25, 0.3) is 27.1 Å². The van der Waals surface area contributed by atoms with E-state index in [9.17, 15) is 0 Å². The molecule has 238 valence electrons. The Morgan fingerprint density at radius 3 is 1.76 bits per heavy atom. The van der Waals surface area contributed by atoms with E-state index >= 15 is 0 Å². The second-order valence-corrected chi connectivity index (χ2v) is 15.3. The summed E-state index contributed by atoms with van der Waals surface area (Å²) >= 11 is 1.46. The number of benzene rings is 4. The average molecular weight is 726 g/mol. The summed E-state index contributed by atoms with van der Waals surface area (Å²) in [7, 11) is 0. The Hall–Kier alpha value is -2.44. The first-order chi connectivity index (χ1) is 20.9. The number of fused-ring (bicyclic) bond motifs is 3. The molecule has 0 spiro atoms. The van der Waals surface area contributed by atoms with Gasteiger partial charge >= 0.3 is 99.2 Å². The van der Waals surface area contributed by atoms with Gasteiger partial charge in [-0.15, -0.1) is 33.7 Å². The van der Waals surface area contributed by atoms with Crippen molar-refractivity contribution in [3.63, 3.8) is 0 Å². The van der Waals surface area contributed by atoms with Crippen LogP contribution in [0.5, 0.6) is 0 Å². The maximum absolute atomic E-state index is 2.47. The van der Waals surface area contributed by atoms with Crippen molar-refractivity contribution in [2.45, 2.75) is 85.5 Å². The monoisotopic (exact) mass is 723 g/mol. The third-order valence-electron chi connectivity index (χ3n) is 9.03. The molecular formula is C43H47Cl2Zr-. The van der Waals surface area contributed by atoms with Gasteiger partial charge in [-0.25, -0.2) is 0 Å². The number of hydrogen-bond acceptors (Lipinski definition) is 0. The molecule has 6 rings (SSSR count). The minimum absolute atomic E-state index is 0. The van der Waals surface area contributed by atoms with E-state index in [-0.39, 0.29) is 35.6 Å². The molecule has 0 unspecified atom stereocenters. The Morgan fingerprint density at radius 1 is 0.696 bits per heavy atom. The van der Waals surface area contributed by atoms with Crippen molar-refractivity contribution in [3.8, 4) is 0 Å². The predicted molar refractivity (Wildman–Crippen MR) is 191 cm³/mol. The normalized spacial score (nSPS) is 13.1. The second-order valence-electron chi connectivity index (χ2n) is 14.1. The van der Waals surface area contributed by atoms with Crippen molar-refractivity contribution in [3.05, 3.63) is 142 Å². The van der Waals surface area contributed by atoms with Crippen molar-refractivity contribution >= 4 is 30.3 Å². The van der Waals surface area contributed by atoms with Crippen LogP contribution < -0.4 is 24.8 Å². The summed E-state index contributed by atoms with van der Waals surface area (Å²) in [5.41, 5.74) is 12.0. The molecule has 5 aromatic carbocycles. The van der Waals surface area contributed by atoms with Crippen molar-refractivity contribution in [2.24, 2.45) is 0 Å². The zero-order valence-electron chi connectivity index (χ0n) is 28.7. The third-order valence-corrected chi connectivity index (χ3v) is 10.4. The molecule has 0 atom stereocenters. The van der Waals surface area contributed by atoms with Crippen molar-refractivity contribution < 1.29 is 49.0 Å². The molecule has 0 aliphatic heterocycles. The van der Waals surface area contributed by atoms with Gasteiger partial charge in [0.2, 0.25) is 0 Å². The number of halogens is 2. The van der Waals surface area contributed by atoms with Gasteiger partial charge < -0.3 is 24.8 Å². The molecular weight excluding hydrogens is 679 g/mol. The van der Waals surface area contributed by atoms with Crippen LogP contribution in [0.2, 0.25) is 0 Å². The molecule has 1 aliphatic rings. The van der Waals surface area contributed by atoms with E-state index in [1.54, 1.807) is 16.7 Å². The quantitative estimate of drug-likeness (QED) is 0.195. The van der Waals surface area contributed by atoms with Gasteiger partial charge in [0.25, 0.3) is 0 Å². The van der Waals surface area contributed by atoms with Crippen LogP contribution in [-0.2, 0) is 35.1 Å². The van der Waals surface area contributed by atoms with Gasteiger partial charge in [0.05, 0.1) is 0 Å². The Morgan fingerprint density at radius 2 is 1.26 bits per heavy atom. The Balaban J connectivity index is 0.000000304. The van der Waals surface area contributed by atoms with E-state index < -0.39 is 0 Å². The molecule has 0 saturated carbocycles. The summed E-state index contributed by atoms with van der Waals surface area (Å²) in [6.07, 6.45) is 5.79. The number of rotatable bonds is 5. The second kappa shape index (κ2) is 15.6. The SMILES string of the molecule is CCC1=CCC(c2c(C(C)(C)C)ccc3c2[cH-]c2cc(C(C)(C)C)ccc23)=C1CC.[Cl-].[Cl-].[Zr+2]=[C](c1ccccc1)c1ccccc1. The molecule has 0 bridgehead atoms. The van der Waals surface area contributed by atoms with E-state index in [1.807, 2.05) is 0 Å². The fourth-order valence-electron chi connectivity index (χ4n) is 6.60. The minimum atomic E-state index is 0. The zero-order chi connectivity index (χ0) is 31.6. The molecule has 0 fully saturated rings. The van der Waals surface area contributed by atoms with Crippen LogP contribution in [0.3, 0.4) is 0 Å². The number of hydrogen-bond donors (Lipinski definition) is 0. The fraction of sp³-hybridized carbons (Fsp3) is 0.302. The molecule has 0 saturated heterocycles. The molecule has 3 heteroatoms. The first kappa shape index (κ1) is 38.0. The van der Waals surface area contributed by atoms with Crippen molar-refractivity contribution in [1.82, 2.24) is 0 Å². The van der Waals surface area contributed by atoms with Crippen LogP contribution in [0.4, 0.5) is 0 Å². The zero-order valence-corrected chi connectivity index (χ0v) is 32.7. The molecule has 5 aromatic rings. The van der Waals surface area contributed by atoms with Gasteiger partial charge in [-0.3, -0.25) is 0 Å². The molecule has 0 aromatic heterocycles. The summed E-state index contributed by atoms with van der Waals surface area (Å²) in [6, 6.07) is 35.4. The maximum atomic E-state index is 2.47. The number of allylic oxidation sites excluding steroid dienone is 4. The Kier molecular flexibility index (Phi) is 12.9. The molecule has 0 radical (unpaired) electrons. The summed E-state index contributed by atoms with van der Waals surface area (Å²) in [5, 5.41) is 5.61. The molecule has 0 N–H and O–H groups in total. The van der Waals surface area contributed by atoms with Crippen molar-refractivity contribution in [1.29, 1.82) is 0 Å². The topological polar surface area (TPSA) is 0 Å². The summed E-state index contributed by atoms with van der Waals surface area (Å²) < 4.78 is 1.42.